The standard InChI is InChI=1S/C8H13NO/c1-8-3-2-6(9-8)4-7(10)5-8/h2-3,6-7,9-10H,4-5H2,1H3. The van der Waals surface area contributed by atoms with Gasteiger partial charge < -0.3 is 10.4 Å². The van der Waals surface area contributed by atoms with Crippen LogP contribution in [0.1, 0.15) is 19.8 Å². The molecule has 0 spiro atoms. The lowest BCUT2D eigenvalue weighted by atomic mass is 9.91. The quantitative estimate of drug-likeness (QED) is 0.477. The van der Waals surface area contributed by atoms with Crippen LogP contribution in [0, 0.1) is 0 Å². The molecule has 0 aromatic rings. The lowest BCUT2D eigenvalue weighted by molar-refractivity contribution is 0.0947. The monoisotopic (exact) mass is 139 g/mol. The van der Waals surface area contributed by atoms with Crippen LogP contribution in [0.5, 0.6) is 0 Å². The van der Waals surface area contributed by atoms with Gasteiger partial charge in [0.05, 0.1) is 6.10 Å². The Morgan fingerprint density at radius 3 is 3.20 bits per heavy atom. The summed E-state index contributed by atoms with van der Waals surface area (Å²) in [5.74, 6) is 0. The summed E-state index contributed by atoms with van der Waals surface area (Å²) >= 11 is 0. The summed E-state index contributed by atoms with van der Waals surface area (Å²) in [6.45, 7) is 2.13. The Kier molecular flexibility index (Phi) is 1.17. The normalized spacial score (nSPS) is 51.8. The lowest BCUT2D eigenvalue weighted by Crippen LogP contribution is -2.49. The highest BCUT2D eigenvalue weighted by Crippen LogP contribution is 2.29. The fourth-order valence-corrected chi connectivity index (χ4v) is 1.98. The zero-order chi connectivity index (χ0) is 7.19. The highest BCUT2D eigenvalue weighted by Gasteiger charge is 2.36. The van der Waals surface area contributed by atoms with Crippen molar-refractivity contribution in [3.8, 4) is 0 Å². The predicted octanol–water partition coefficient (Wildman–Crippen LogP) is 0.428. The van der Waals surface area contributed by atoms with Gasteiger partial charge in [-0.15, -0.1) is 0 Å². The minimum atomic E-state index is -0.105. The van der Waals surface area contributed by atoms with Gasteiger partial charge in [-0.05, 0) is 19.8 Å². The molecule has 56 valence electrons. The summed E-state index contributed by atoms with van der Waals surface area (Å²) in [6, 6.07) is 0.425. The van der Waals surface area contributed by atoms with Gasteiger partial charge >= 0.3 is 0 Å². The van der Waals surface area contributed by atoms with E-state index in [4.69, 9.17) is 0 Å². The first kappa shape index (κ1) is 6.38. The Morgan fingerprint density at radius 2 is 2.50 bits per heavy atom. The van der Waals surface area contributed by atoms with Gasteiger partial charge in [0.2, 0.25) is 0 Å². The van der Waals surface area contributed by atoms with Gasteiger partial charge in [0.15, 0.2) is 0 Å². The van der Waals surface area contributed by atoms with Crippen molar-refractivity contribution in [3.63, 3.8) is 0 Å². The minimum Gasteiger partial charge on any atom is -0.393 e. The van der Waals surface area contributed by atoms with E-state index in [2.05, 4.69) is 24.4 Å². The number of fused-ring (bicyclic) bond motifs is 2. The molecule has 1 saturated heterocycles. The summed E-state index contributed by atoms with van der Waals surface area (Å²) in [6.07, 6.45) is 5.97. The molecule has 0 radical (unpaired) electrons. The number of hydrogen-bond acceptors (Lipinski definition) is 2. The Bertz CT molecular complexity index is 178. The fourth-order valence-electron chi connectivity index (χ4n) is 1.98. The molecule has 0 aromatic carbocycles. The third-order valence-corrected chi connectivity index (χ3v) is 2.40. The van der Waals surface area contributed by atoms with Gasteiger partial charge in [-0.25, -0.2) is 0 Å². The van der Waals surface area contributed by atoms with Crippen LogP contribution in [-0.2, 0) is 0 Å². The van der Waals surface area contributed by atoms with Crippen molar-refractivity contribution in [1.82, 2.24) is 5.32 Å². The van der Waals surface area contributed by atoms with E-state index in [0.29, 0.717) is 6.04 Å². The number of hydrogen-bond donors (Lipinski definition) is 2. The maximum absolute atomic E-state index is 9.38. The number of rotatable bonds is 0. The molecular weight excluding hydrogens is 126 g/mol. The van der Waals surface area contributed by atoms with Gasteiger partial charge in [-0.1, -0.05) is 12.2 Å². The first-order valence-electron chi connectivity index (χ1n) is 3.83. The third-order valence-electron chi connectivity index (χ3n) is 2.40. The number of aliphatic hydroxyl groups is 1. The average molecular weight is 139 g/mol. The summed E-state index contributed by atoms with van der Waals surface area (Å²) in [5, 5.41) is 12.8. The molecule has 2 heterocycles. The van der Waals surface area contributed by atoms with E-state index >= 15 is 0 Å². The van der Waals surface area contributed by atoms with Crippen molar-refractivity contribution < 1.29 is 5.11 Å². The highest BCUT2D eigenvalue weighted by atomic mass is 16.3. The number of nitrogens with one attached hydrogen (secondary N) is 1. The number of piperidine rings is 1. The molecular formula is C8H13NO. The van der Waals surface area contributed by atoms with Crippen LogP contribution in [0.3, 0.4) is 0 Å². The van der Waals surface area contributed by atoms with E-state index in [1.165, 1.54) is 0 Å². The molecule has 1 fully saturated rings. The van der Waals surface area contributed by atoms with Crippen molar-refractivity contribution in [3.05, 3.63) is 12.2 Å². The lowest BCUT2D eigenvalue weighted by Gasteiger charge is -2.33. The topological polar surface area (TPSA) is 32.3 Å². The second kappa shape index (κ2) is 1.83. The fraction of sp³-hybridized carbons (Fsp3) is 0.750. The Balaban J connectivity index is 2.19. The van der Waals surface area contributed by atoms with E-state index < -0.39 is 0 Å². The van der Waals surface area contributed by atoms with Crippen molar-refractivity contribution in [2.24, 2.45) is 0 Å². The van der Waals surface area contributed by atoms with E-state index in [1.807, 2.05) is 0 Å². The number of aliphatic hydroxyl groups excluding tert-OH is 1. The van der Waals surface area contributed by atoms with Crippen molar-refractivity contribution in [1.29, 1.82) is 0 Å². The summed E-state index contributed by atoms with van der Waals surface area (Å²) in [7, 11) is 0. The van der Waals surface area contributed by atoms with Crippen LogP contribution < -0.4 is 5.32 Å². The first-order valence-corrected chi connectivity index (χ1v) is 3.83. The van der Waals surface area contributed by atoms with Crippen LogP contribution in [0.2, 0.25) is 0 Å². The Morgan fingerprint density at radius 1 is 1.70 bits per heavy atom. The van der Waals surface area contributed by atoms with Gasteiger partial charge in [0, 0.05) is 11.6 Å². The molecule has 3 unspecified atom stereocenters. The van der Waals surface area contributed by atoms with Gasteiger partial charge in [-0.3, -0.25) is 0 Å². The molecule has 2 aliphatic heterocycles. The smallest absolute Gasteiger partial charge is 0.0578 e. The van der Waals surface area contributed by atoms with Gasteiger partial charge in [0.25, 0.3) is 0 Å². The summed E-state index contributed by atoms with van der Waals surface area (Å²) in [4.78, 5) is 0. The maximum Gasteiger partial charge on any atom is 0.0578 e. The van der Waals surface area contributed by atoms with Crippen molar-refractivity contribution >= 4 is 0 Å². The van der Waals surface area contributed by atoms with Crippen molar-refractivity contribution in [2.45, 2.75) is 37.5 Å². The third kappa shape index (κ3) is 0.879. The SMILES string of the molecule is CC12C=CC(CC(O)C1)N2. The molecule has 0 aromatic heterocycles. The van der Waals surface area contributed by atoms with E-state index in [1.54, 1.807) is 0 Å². The molecule has 10 heavy (non-hydrogen) atoms. The van der Waals surface area contributed by atoms with Gasteiger partial charge in [-0.2, -0.15) is 0 Å². The highest BCUT2D eigenvalue weighted by molar-refractivity contribution is 5.20. The van der Waals surface area contributed by atoms with Gasteiger partial charge in [0.1, 0.15) is 0 Å². The average Bonchev–Trinajstić information content (AvgIpc) is 2.06. The predicted molar refractivity (Wildman–Crippen MR) is 39.7 cm³/mol. The second-order valence-corrected chi connectivity index (χ2v) is 3.62. The molecule has 2 rings (SSSR count). The van der Waals surface area contributed by atoms with Crippen LogP contribution in [0.15, 0.2) is 12.2 Å². The molecule has 2 N–H and O–H groups in total. The second-order valence-electron chi connectivity index (χ2n) is 3.62. The maximum atomic E-state index is 9.38. The van der Waals surface area contributed by atoms with E-state index in [-0.39, 0.29) is 11.6 Å². The zero-order valence-electron chi connectivity index (χ0n) is 6.17. The largest absolute Gasteiger partial charge is 0.393 e. The Hall–Kier alpha value is -0.340. The zero-order valence-corrected chi connectivity index (χ0v) is 6.17. The molecule has 3 atom stereocenters. The van der Waals surface area contributed by atoms with Crippen LogP contribution in [0.4, 0.5) is 0 Å². The van der Waals surface area contributed by atoms with E-state index in [9.17, 15) is 5.11 Å². The van der Waals surface area contributed by atoms with E-state index in [0.717, 1.165) is 12.8 Å². The Labute approximate surface area is 60.9 Å². The van der Waals surface area contributed by atoms with Crippen molar-refractivity contribution in [2.75, 3.05) is 0 Å². The molecule has 0 amide bonds. The van der Waals surface area contributed by atoms with Crippen LogP contribution in [-0.4, -0.2) is 22.8 Å². The molecule has 2 heteroatoms. The molecule has 0 aliphatic carbocycles. The molecule has 0 saturated carbocycles. The molecule has 2 nitrogen and oxygen atoms in total. The first-order chi connectivity index (χ1) is 4.68. The summed E-state index contributed by atoms with van der Waals surface area (Å²) < 4.78 is 0. The summed E-state index contributed by atoms with van der Waals surface area (Å²) in [5.41, 5.74) is 0.0856. The molecule has 2 aliphatic rings. The van der Waals surface area contributed by atoms with Crippen LogP contribution >= 0.6 is 0 Å². The minimum absolute atomic E-state index is 0.0856. The van der Waals surface area contributed by atoms with Crippen LogP contribution in [0.25, 0.3) is 0 Å². The molecule has 2 bridgehead atoms.